The van der Waals surface area contributed by atoms with E-state index in [-0.39, 0.29) is 10.7 Å². The van der Waals surface area contributed by atoms with E-state index < -0.39 is 11.7 Å². The van der Waals surface area contributed by atoms with E-state index in [9.17, 15) is 9.18 Å². The van der Waals surface area contributed by atoms with Gasteiger partial charge in [-0.3, -0.25) is 4.79 Å². The van der Waals surface area contributed by atoms with Crippen molar-refractivity contribution in [2.45, 2.75) is 19.3 Å². The Hall–Kier alpha value is -2.21. The van der Waals surface area contributed by atoms with Crippen LogP contribution in [-0.4, -0.2) is 29.0 Å². The maximum absolute atomic E-state index is 13.1. The molecule has 1 amide bonds. The number of piperidine rings is 1. The van der Waals surface area contributed by atoms with Crippen LogP contribution in [0.3, 0.4) is 0 Å². The first kappa shape index (κ1) is 15.7. The van der Waals surface area contributed by atoms with Gasteiger partial charge in [-0.15, -0.1) is 0 Å². The van der Waals surface area contributed by atoms with Gasteiger partial charge in [-0.1, -0.05) is 11.6 Å². The molecule has 1 fully saturated rings. The van der Waals surface area contributed by atoms with Crippen molar-refractivity contribution in [3.8, 4) is 0 Å². The molecule has 2 heterocycles. The van der Waals surface area contributed by atoms with E-state index in [0.717, 1.165) is 31.7 Å². The second-order valence-corrected chi connectivity index (χ2v) is 5.80. The Labute approximate surface area is 138 Å². The molecule has 0 radical (unpaired) electrons. The number of rotatable bonds is 3. The molecule has 2 aromatic rings. The van der Waals surface area contributed by atoms with Crippen LogP contribution in [0.4, 0.5) is 15.9 Å². The van der Waals surface area contributed by atoms with Crippen LogP contribution in [0.5, 0.6) is 0 Å². The average molecular weight is 335 g/mol. The van der Waals surface area contributed by atoms with Gasteiger partial charge >= 0.3 is 0 Å². The SMILES string of the molecule is O=C(Nc1ccc(F)c(Cl)c1)c1cnc(N2CCCCC2)cn1. The summed E-state index contributed by atoms with van der Waals surface area (Å²) in [5, 5.41) is 2.57. The first-order valence-electron chi connectivity index (χ1n) is 7.47. The molecule has 5 nitrogen and oxygen atoms in total. The number of halogens is 2. The lowest BCUT2D eigenvalue weighted by Gasteiger charge is -2.27. The predicted octanol–water partition coefficient (Wildman–Crippen LogP) is 3.51. The summed E-state index contributed by atoms with van der Waals surface area (Å²) >= 11 is 5.69. The van der Waals surface area contributed by atoms with Crippen LogP contribution in [0.2, 0.25) is 5.02 Å². The van der Waals surface area contributed by atoms with Crippen LogP contribution < -0.4 is 10.2 Å². The largest absolute Gasteiger partial charge is 0.355 e. The number of carbonyl (C=O) groups excluding carboxylic acids is 1. The van der Waals surface area contributed by atoms with Gasteiger partial charge in [-0.25, -0.2) is 14.4 Å². The average Bonchev–Trinajstić information content (AvgIpc) is 2.59. The predicted molar refractivity (Wildman–Crippen MR) is 87.5 cm³/mol. The maximum atomic E-state index is 13.1. The van der Waals surface area contributed by atoms with Crippen molar-refractivity contribution >= 4 is 29.0 Å². The molecule has 1 aromatic carbocycles. The molecule has 0 spiro atoms. The smallest absolute Gasteiger partial charge is 0.275 e. The van der Waals surface area contributed by atoms with E-state index in [2.05, 4.69) is 20.2 Å². The molecule has 120 valence electrons. The molecular formula is C16H16ClFN4O. The molecule has 0 atom stereocenters. The van der Waals surface area contributed by atoms with E-state index in [1.807, 2.05) is 0 Å². The molecule has 3 rings (SSSR count). The minimum Gasteiger partial charge on any atom is -0.355 e. The van der Waals surface area contributed by atoms with Crippen LogP contribution in [-0.2, 0) is 0 Å². The highest BCUT2D eigenvalue weighted by atomic mass is 35.5. The van der Waals surface area contributed by atoms with Crippen molar-refractivity contribution in [2.75, 3.05) is 23.3 Å². The Morgan fingerprint density at radius 2 is 1.96 bits per heavy atom. The Morgan fingerprint density at radius 1 is 1.17 bits per heavy atom. The van der Waals surface area contributed by atoms with Crippen molar-refractivity contribution in [3.63, 3.8) is 0 Å². The zero-order chi connectivity index (χ0) is 16.2. The molecule has 1 aliphatic heterocycles. The molecular weight excluding hydrogens is 319 g/mol. The topological polar surface area (TPSA) is 58.1 Å². The lowest BCUT2D eigenvalue weighted by molar-refractivity contribution is 0.102. The summed E-state index contributed by atoms with van der Waals surface area (Å²) in [5.41, 5.74) is 0.606. The highest BCUT2D eigenvalue weighted by Crippen LogP contribution is 2.20. The third-order valence-electron chi connectivity index (χ3n) is 3.73. The van der Waals surface area contributed by atoms with Crippen molar-refractivity contribution < 1.29 is 9.18 Å². The number of hydrogen-bond acceptors (Lipinski definition) is 4. The zero-order valence-corrected chi connectivity index (χ0v) is 13.2. The molecule has 1 aliphatic rings. The Bertz CT molecular complexity index is 702. The summed E-state index contributed by atoms with van der Waals surface area (Å²) in [6.45, 7) is 1.93. The van der Waals surface area contributed by atoms with Gasteiger partial charge in [-0.05, 0) is 37.5 Å². The van der Waals surface area contributed by atoms with Crippen LogP contribution >= 0.6 is 11.6 Å². The first-order valence-corrected chi connectivity index (χ1v) is 7.85. The van der Waals surface area contributed by atoms with Gasteiger partial charge in [0.15, 0.2) is 0 Å². The summed E-state index contributed by atoms with van der Waals surface area (Å²) in [6.07, 6.45) is 6.59. The van der Waals surface area contributed by atoms with Gasteiger partial charge in [0.25, 0.3) is 5.91 Å². The summed E-state index contributed by atoms with van der Waals surface area (Å²) in [5.74, 6) is -0.160. The number of nitrogens with one attached hydrogen (secondary N) is 1. The molecule has 0 unspecified atom stereocenters. The van der Waals surface area contributed by atoms with Gasteiger partial charge < -0.3 is 10.2 Å². The minimum absolute atomic E-state index is 0.0469. The summed E-state index contributed by atoms with van der Waals surface area (Å²) in [4.78, 5) is 22.8. The van der Waals surface area contributed by atoms with Gasteiger partial charge in [0.05, 0.1) is 17.4 Å². The van der Waals surface area contributed by atoms with Gasteiger partial charge in [-0.2, -0.15) is 0 Å². The van der Waals surface area contributed by atoms with Crippen LogP contribution in [0, 0.1) is 5.82 Å². The standard InChI is InChI=1S/C16H16ClFN4O/c17-12-8-11(4-5-13(12)18)21-16(23)14-9-20-15(10-19-14)22-6-2-1-3-7-22/h4-5,8-10H,1-3,6-7H2,(H,21,23). The quantitative estimate of drug-likeness (QED) is 0.933. The Morgan fingerprint density at radius 3 is 2.61 bits per heavy atom. The van der Waals surface area contributed by atoms with Gasteiger partial charge in [0.2, 0.25) is 0 Å². The number of amides is 1. The van der Waals surface area contributed by atoms with Crippen LogP contribution in [0.1, 0.15) is 29.8 Å². The molecule has 0 aliphatic carbocycles. The van der Waals surface area contributed by atoms with Crippen molar-refractivity contribution in [3.05, 3.63) is 47.1 Å². The third-order valence-corrected chi connectivity index (χ3v) is 4.02. The number of anilines is 2. The molecule has 0 saturated carbocycles. The van der Waals surface area contributed by atoms with Gasteiger partial charge in [0, 0.05) is 18.8 Å². The second kappa shape index (κ2) is 6.91. The Kier molecular flexibility index (Phi) is 4.71. The fourth-order valence-electron chi connectivity index (χ4n) is 2.49. The number of benzene rings is 1. The second-order valence-electron chi connectivity index (χ2n) is 5.39. The molecule has 7 heteroatoms. The van der Waals surface area contributed by atoms with Crippen molar-refractivity contribution in [1.29, 1.82) is 0 Å². The van der Waals surface area contributed by atoms with Crippen molar-refractivity contribution in [2.24, 2.45) is 0 Å². The monoisotopic (exact) mass is 334 g/mol. The van der Waals surface area contributed by atoms with E-state index in [4.69, 9.17) is 11.6 Å². The minimum atomic E-state index is -0.532. The molecule has 23 heavy (non-hydrogen) atoms. The maximum Gasteiger partial charge on any atom is 0.275 e. The Balaban J connectivity index is 1.68. The van der Waals surface area contributed by atoms with E-state index in [1.165, 1.54) is 30.8 Å². The number of carbonyl (C=O) groups is 1. The first-order chi connectivity index (χ1) is 11.1. The van der Waals surface area contributed by atoms with Crippen LogP contribution in [0.25, 0.3) is 0 Å². The zero-order valence-electron chi connectivity index (χ0n) is 12.4. The molecule has 1 aromatic heterocycles. The fourth-order valence-corrected chi connectivity index (χ4v) is 2.67. The summed E-state index contributed by atoms with van der Waals surface area (Å²) < 4.78 is 13.1. The molecule has 0 bridgehead atoms. The molecule has 1 saturated heterocycles. The number of aromatic nitrogens is 2. The van der Waals surface area contributed by atoms with Crippen LogP contribution in [0.15, 0.2) is 30.6 Å². The lowest BCUT2D eigenvalue weighted by Crippen LogP contribution is -2.30. The third kappa shape index (κ3) is 3.76. The number of hydrogen-bond donors (Lipinski definition) is 1. The summed E-state index contributed by atoms with van der Waals surface area (Å²) in [7, 11) is 0. The summed E-state index contributed by atoms with van der Waals surface area (Å²) in [6, 6.07) is 3.99. The van der Waals surface area contributed by atoms with E-state index in [0.29, 0.717) is 5.69 Å². The highest BCUT2D eigenvalue weighted by molar-refractivity contribution is 6.31. The number of nitrogens with zero attached hydrogens (tertiary/aromatic N) is 3. The van der Waals surface area contributed by atoms with E-state index >= 15 is 0 Å². The van der Waals surface area contributed by atoms with Gasteiger partial charge in [0.1, 0.15) is 17.3 Å². The van der Waals surface area contributed by atoms with Crippen molar-refractivity contribution in [1.82, 2.24) is 9.97 Å². The normalized spacial score (nSPS) is 14.6. The lowest BCUT2D eigenvalue weighted by atomic mass is 10.1. The molecule has 1 N–H and O–H groups in total. The van der Waals surface area contributed by atoms with E-state index in [1.54, 1.807) is 6.20 Å². The highest BCUT2D eigenvalue weighted by Gasteiger charge is 2.14. The fraction of sp³-hybridized carbons (Fsp3) is 0.312.